The highest BCUT2D eigenvalue weighted by atomic mass is 16.6. The van der Waals surface area contributed by atoms with Crippen LogP contribution in [0.4, 0.5) is 0 Å². The van der Waals surface area contributed by atoms with E-state index in [4.69, 9.17) is 4.74 Å². The molecule has 0 aliphatic heterocycles. The second-order valence-corrected chi connectivity index (χ2v) is 5.03. The Morgan fingerprint density at radius 1 is 1.35 bits per heavy atom. The highest BCUT2D eigenvalue weighted by molar-refractivity contribution is 6.29. The number of allylic oxidation sites excluding steroid dienone is 1. The van der Waals surface area contributed by atoms with E-state index in [1.54, 1.807) is 38.1 Å². The van der Waals surface area contributed by atoms with Crippen LogP contribution in [0.1, 0.15) is 40.1 Å². The summed E-state index contributed by atoms with van der Waals surface area (Å²) in [5.41, 5.74) is 1.42. The van der Waals surface area contributed by atoms with Crippen LogP contribution in [0.5, 0.6) is 0 Å². The molecule has 2 rings (SSSR count). The van der Waals surface area contributed by atoms with Crippen LogP contribution >= 0.6 is 0 Å². The Kier molecular flexibility index (Phi) is 3.84. The van der Waals surface area contributed by atoms with Crippen LogP contribution in [0.15, 0.2) is 30.9 Å². The first-order chi connectivity index (χ1) is 9.47. The van der Waals surface area contributed by atoms with Gasteiger partial charge in [0.15, 0.2) is 0 Å². The van der Waals surface area contributed by atoms with E-state index in [1.165, 1.54) is 0 Å². The smallest absolute Gasteiger partial charge is 0.309 e. The number of benzene rings is 1. The van der Waals surface area contributed by atoms with E-state index in [0.717, 1.165) is 5.56 Å². The van der Waals surface area contributed by atoms with E-state index in [-0.39, 0.29) is 5.92 Å². The average molecular weight is 272 g/mol. The molecule has 1 atom stereocenters. The number of carbonyl (C=O) groups excluding carboxylic acids is 3. The summed E-state index contributed by atoms with van der Waals surface area (Å²) >= 11 is 0. The molecule has 0 spiro atoms. The second-order valence-electron chi connectivity index (χ2n) is 5.03. The molecule has 0 aromatic heterocycles. The van der Waals surface area contributed by atoms with Gasteiger partial charge in [0.2, 0.25) is 17.7 Å². The third-order valence-corrected chi connectivity index (χ3v) is 3.21. The van der Waals surface area contributed by atoms with E-state index in [2.05, 4.69) is 6.58 Å². The summed E-state index contributed by atoms with van der Waals surface area (Å²) < 4.78 is 5.05. The van der Waals surface area contributed by atoms with E-state index in [9.17, 15) is 14.4 Å². The van der Waals surface area contributed by atoms with Crippen LogP contribution in [-0.2, 0) is 16.0 Å². The zero-order valence-electron chi connectivity index (χ0n) is 11.5. The molecule has 104 valence electrons. The third-order valence-electron chi connectivity index (χ3n) is 3.21. The van der Waals surface area contributed by atoms with Crippen molar-refractivity contribution >= 4 is 17.5 Å². The number of ketones is 2. The van der Waals surface area contributed by atoms with Gasteiger partial charge in [-0.15, -0.1) is 6.58 Å². The minimum atomic E-state index is -1.33. The maximum absolute atomic E-state index is 12.3. The van der Waals surface area contributed by atoms with Gasteiger partial charge in [-0.2, -0.15) is 0 Å². The molecule has 1 aliphatic carbocycles. The highest BCUT2D eigenvalue weighted by Gasteiger charge is 2.42. The number of hydrogen-bond acceptors (Lipinski definition) is 4. The fraction of sp³-hybridized carbons (Fsp3) is 0.312. The lowest BCUT2D eigenvalue weighted by Gasteiger charge is -2.11. The van der Waals surface area contributed by atoms with Crippen molar-refractivity contribution in [2.24, 2.45) is 5.92 Å². The molecular weight excluding hydrogens is 256 g/mol. The monoisotopic (exact) mass is 272 g/mol. The van der Waals surface area contributed by atoms with Gasteiger partial charge in [0.1, 0.15) is 0 Å². The van der Waals surface area contributed by atoms with Crippen molar-refractivity contribution < 1.29 is 19.1 Å². The van der Waals surface area contributed by atoms with Crippen molar-refractivity contribution in [3.05, 3.63) is 47.5 Å². The summed E-state index contributed by atoms with van der Waals surface area (Å²) in [6, 6.07) is 5.08. The standard InChI is InChI=1S/C16H16O4/c1-4-6-10-7-5-8-11-12(10)14(18)15(13(11)17)20-16(19)9(2)3/h4-5,7-9,15H,1,6H2,2-3H3. The SMILES string of the molecule is C=CCc1cccc2c1C(=O)C(OC(=O)C(C)C)C2=O. The Balaban J connectivity index is 2.37. The van der Waals surface area contributed by atoms with Crippen molar-refractivity contribution in [2.75, 3.05) is 0 Å². The Morgan fingerprint density at radius 3 is 2.65 bits per heavy atom. The lowest BCUT2D eigenvalue weighted by molar-refractivity contribution is -0.148. The van der Waals surface area contributed by atoms with Crippen LogP contribution in [0.25, 0.3) is 0 Å². The van der Waals surface area contributed by atoms with Crippen LogP contribution in [0, 0.1) is 5.92 Å². The predicted molar refractivity (Wildman–Crippen MR) is 73.7 cm³/mol. The van der Waals surface area contributed by atoms with Crippen LogP contribution in [-0.4, -0.2) is 23.6 Å². The van der Waals surface area contributed by atoms with E-state index in [1.807, 2.05) is 0 Å². The molecule has 0 bridgehead atoms. The molecule has 0 saturated carbocycles. The normalized spacial score (nSPS) is 17.2. The molecule has 4 nitrogen and oxygen atoms in total. The van der Waals surface area contributed by atoms with E-state index < -0.39 is 23.6 Å². The van der Waals surface area contributed by atoms with Gasteiger partial charge in [0.25, 0.3) is 0 Å². The molecule has 0 amide bonds. The largest absolute Gasteiger partial charge is 0.445 e. The quantitative estimate of drug-likeness (QED) is 0.479. The van der Waals surface area contributed by atoms with Crippen LogP contribution in [0.3, 0.4) is 0 Å². The van der Waals surface area contributed by atoms with E-state index in [0.29, 0.717) is 17.5 Å². The van der Waals surface area contributed by atoms with Crippen molar-refractivity contribution in [2.45, 2.75) is 26.4 Å². The predicted octanol–water partition coefficient (Wildman–Crippen LogP) is 2.36. The van der Waals surface area contributed by atoms with Gasteiger partial charge in [-0.3, -0.25) is 14.4 Å². The number of esters is 1. The minimum absolute atomic E-state index is 0.330. The fourth-order valence-corrected chi connectivity index (χ4v) is 2.17. The van der Waals surface area contributed by atoms with Gasteiger partial charge >= 0.3 is 5.97 Å². The van der Waals surface area contributed by atoms with Gasteiger partial charge in [-0.25, -0.2) is 0 Å². The van der Waals surface area contributed by atoms with Gasteiger partial charge in [0.05, 0.1) is 5.92 Å². The Hall–Kier alpha value is -2.23. The summed E-state index contributed by atoms with van der Waals surface area (Å²) in [5, 5.41) is 0. The number of hydrogen-bond donors (Lipinski definition) is 0. The molecule has 0 radical (unpaired) electrons. The molecule has 1 aromatic carbocycles. The molecule has 0 saturated heterocycles. The lowest BCUT2D eigenvalue weighted by Crippen LogP contribution is -2.30. The second kappa shape index (κ2) is 5.41. The van der Waals surface area contributed by atoms with Gasteiger partial charge in [-0.1, -0.05) is 38.1 Å². The molecule has 1 aromatic rings. The zero-order chi connectivity index (χ0) is 14.9. The third kappa shape index (κ3) is 2.29. The van der Waals surface area contributed by atoms with Crippen molar-refractivity contribution in [3.8, 4) is 0 Å². The number of carbonyl (C=O) groups is 3. The summed E-state index contributed by atoms with van der Waals surface area (Å²) in [5.74, 6) is -1.80. The fourth-order valence-electron chi connectivity index (χ4n) is 2.17. The average Bonchev–Trinajstić information content (AvgIpc) is 2.65. The highest BCUT2D eigenvalue weighted by Crippen LogP contribution is 2.28. The van der Waals surface area contributed by atoms with Gasteiger partial charge in [0, 0.05) is 11.1 Å². The minimum Gasteiger partial charge on any atom is -0.445 e. The maximum atomic E-state index is 12.3. The summed E-state index contributed by atoms with van der Waals surface area (Å²) in [7, 11) is 0. The van der Waals surface area contributed by atoms with E-state index >= 15 is 0 Å². The Labute approximate surface area is 117 Å². The maximum Gasteiger partial charge on any atom is 0.309 e. The topological polar surface area (TPSA) is 60.4 Å². The first-order valence-electron chi connectivity index (χ1n) is 6.49. The summed E-state index contributed by atoms with van der Waals surface area (Å²) in [4.78, 5) is 36.1. The first kappa shape index (κ1) is 14.2. The number of Topliss-reactive ketones (excluding diaryl/α,β-unsaturated/α-hetero) is 2. The molecule has 4 heteroatoms. The van der Waals surface area contributed by atoms with Gasteiger partial charge < -0.3 is 4.74 Å². The molecule has 0 heterocycles. The first-order valence-corrected chi connectivity index (χ1v) is 6.49. The summed E-state index contributed by atoms with van der Waals surface area (Å²) in [6.45, 7) is 6.95. The molecule has 0 N–H and O–H groups in total. The zero-order valence-corrected chi connectivity index (χ0v) is 11.5. The Bertz CT molecular complexity index is 598. The molecule has 20 heavy (non-hydrogen) atoms. The number of rotatable bonds is 4. The van der Waals surface area contributed by atoms with Crippen molar-refractivity contribution in [1.82, 2.24) is 0 Å². The Morgan fingerprint density at radius 2 is 2.05 bits per heavy atom. The van der Waals surface area contributed by atoms with Crippen LogP contribution in [0.2, 0.25) is 0 Å². The molecule has 0 fully saturated rings. The van der Waals surface area contributed by atoms with Gasteiger partial charge in [-0.05, 0) is 12.0 Å². The molecular formula is C16H16O4. The van der Waals surface area contributed by atoms with Crippen molar-refractivity contribution in [3.63, 3.8) is 0 Å². The van der Waals surface area contributed by atoms with Crippen LogP contribution < -0.4 is 0 Å². The van der Waals surface area contributed by atoms with Crippen molar-refractivity contribution in [1.29, 1.82) is 0 Å². The molecule has 1 unspecified atom stereocenters. The molecule has 1 aliphatic rings. The summed E-state index contributed by atoms with van der Waals surface area (Å²) in [6.07, 6.45) is 0.833. The lowest BCUT2D eigenvalue weighted by atomic mass is 10.0. The number of ether oxygens (including phenoxy) is 1. The number of fused-ring (bicyclic) bond motifs is 1.